The number of hydrogen-bond donors (Lipinski definition) is 5. The summed E-state index contributed by atoms with van der Waals surface area (Å²) >= 11 is 5.52. The molecule has 1 aliphatic rings. The summed E-state index contributed by atoms with van der Waals surface area (Å²) in [6.07, 6.45) is 2.11. The number of aliphatic imine (C=N–C) groups is 1. The molecular formula is C15H18ClN7O5. The molecule has 0 bridgehead atoms. The molecule has 2 rings (SSSR count). The fourth-order valence-electron chi connectivity index (χ4n) is 2.42. The average molecular weight is 412 g/mol. The molecule has 2 amide bonds. The number of H-pyrrole nitrogens is 1. The standard InChI is InChI=1S/C15H18ClN7O5/c1-28-13(27)8-2-3-15(6-19-8,23-10(25)5-16)22-9(24)4-7-11(17)20-14(18)21-12(7)26/h2,6H,3-5H2,1H3,(H,22,24)(H,23,25)(H5,17,18,20,21,26). The van der Waals surface area contributed by atoms with E-state index in [1.165, 1.54) is 19.4 Å². The molecule has 0 fully saturated rings. The average Bonchev–Trinajstić information content (AvgIpc) is 2.64. The number of carbonyl (C=O) groups is 3. The van der Waals surface area contributed by atoms with Gasteiger partial charge in [0.2, 0.25) is 17.8 Å². The number of nitrogens with two attached hydrogens (primary N) is 2. The van der Waals surface area contributed by atoms with Crippen LogP contribution < -0.4 is 27.7 Å². The number of esters is 1. The number of aromatic nitrogens is 2. The summed E-state index contributed by atoms with van der Waals surface area (Å²) in [7, 11) is 1.19. The van der Waals surface area contributed by atoms with Gasteiger partial charge in [0.05, 0.1) is 25.3 Å². The van der Waals surface area contributed by atoms with Gasteiger partial charge in [0.25, 0.3) is 5.56 Å². The molecule has 0 radical (unpaired) electrons. The van der Waals surface area contributed by atoms with Crippen molar-refractivity contribution >= 4 is 47.4 Å². The van der Waals surface area contributed by atoms with Crippen LogP contribution in [0.15, 0.2) is 21.6 Å². The molecule has 13 heteroatoms. The summed E-state index contributed by atoms with van der Waals surface area (Å²) < 4.78 is 4.57. The first-order valence-corrected chi connectivity index (χ1v) is 8.39. The number of halogens is 1. The van der Waals surface area contributed by atoms with Crippen molar-refractivity contribution in [3.63, 3.8) is 0 Å². The Balaban J connectivity index is 2.22. The zero-order valence-electron chi connectivity index (χ0n) is 14.7. The summed E-state index contributed by atoms with van der Waals surface area (Å²) in [6, 6.07) is 0. The molecule has 150 valence electrons. The Bertz CT molecular complexity index is 926. The Hall–Kier alpha value is -3.41. The van der Waals surface area contributed by atoms with Crippen molar-refractivity contribution < 1.29 is 19.1 Å². The van der Waals surface area contributed by atoms with Crippen LogP contribution in [0.3, 0.4) is 0 Å². The number of hydrogen-bond acceptors (Lipinski definition) is 9. The SMILES string of the molecule is COC(=O)C1=CCC(NC(=O)CCl)(NC(=O)Cc2c(N)nc(N)[nH]c2=O)C=N1. The molecule has 7 N–H and O–H groups in total. The molecule has 28 heavy (non-hydrogen) atoms. The lowest BCUT2D eigenvalue weighted by molar-refractivity contribution is -0.136. The fraction of sp³-hybridized carbons (Fsp3) is 0.333. The second-order valence-corrected chi connectivity index (χ2v) is 6.00. The number of aromatic amines is 1. The van der Waals surface area contributed by atoms with E-state index in [4.69, 9.17) is 23.1 Å². The van der Waals surface area contributed by atoms with Gasteiger partial charge in [0.1, 0.15) is 17.4 Å². The molecule has 1 aliphatic heterocycles. The fourth-order valence-corrected chi connectivity index (χ4v) is 2.49. The minimum absolute atomic E-state index is 0.0101. The lowest BCUT2D eigenvalue weighted by Crippen LogP contribution is -2.63. The van der Waals surface area contributed by atoms with E-state index in [1.807, 2.05) is 0 Å². The molecular weight excluding hydrogens is 394 g/mol. The van der Waals surface area contributed by atoms with Crippen LogP contribution in [0.1, 0.15) is 12.0 Å². The number of carbonyl (C=O) groups excluding carboxylic acids is 3. The number of rotatable bonds is 6. The zero-order valence-corrected chi connectivity index (χ0v) is 15.5. The van der Waals surface area contributed by atoms with E-state index in [0.717, 1.165) is 0 Å². The van der Waals surface area contributed by atoms with E-state index in [2.05, 4.69) is 30.3 Å². The first-order chi connectivity index (χ1) is 13.2. The van der Waals surface area contributed by atoms with Crippen molar-refractivity contribution in [3.05, 3.63) is 27.7 Å². The number of nitrogens with one attached hydrogen (secondary N) is 3. The number of amides is 2. The largest absolute Gasteiger partial charge is 0.464 e. The second-order valence-electron chi connectivity index (χ2n) is 5.74. The summed E-state index contributed by atoms with van der Waals surface area (Å²) in [5, 5.41) is 5.06. The van der Waals surface area contributed by atoms with Crippen LogP contribution in [0.25, 0.3) is 0 Å². The molecule has 0 spiro atoms. The van der Waals surface area contributed by atoms with Crippen molar-refractivity contribution in [2.45, 2.75) is 18.5 Å². The maximum atomic E-state index is 12.5. The van der Waals surface area contributed by atoms with Crippen LogP contribution in [0.5, 0.6) is 0 Å². The maximum Gasteiger partial charge on any atom is 0.356 e. The van der Waals surface area contributed by atoms with Crippen LogP contribution in [0, 0.1) is 0 Å². The van der Waals surface area contributed by atoms with Gasteiger partial charge in [-0.15, -0.1) is 11.6 Å². The summed E-state index contributed by atoms with van der Waals surface area (Å²) in [6.45, 7) is 0. The van der Waals surface area contributed by atoms with E-state index in [0.29, 0.717) is 0 Å². The minimum atomic E-state index is -1.46. The lowest BCUT2D eigenvalue weighted by Gasteiger charge is -2.33. The smallest absolute Gasteiger partial charge is 0.356 e. The molecule has 0 aliphatic carbocycles. The quantitative estimate of drug-likeness (QED) is 0.205. The Kier molecular flexibility index (Phi) is 6.36. The van der Waals surface area contributed by atoms with Crippen LogP contribution in [-0.4, -0.2) is 52.6 Å². The number of alkyl halides is 1. The predicted octanol–water partition coefficient (Wildman–Crippen LogP) is -1.82. The van der Waals surface area contributed by atoms with E-state index >= 15 is 0 Å². The van der Waals surface area contributed by atoms with Crippen molar-refractivity contribution in [1.29, 1.82) is 0 Å². The lowest BCUT2D eigenvalue weighted by atomic mass is 10.0. The molecule has 2 heterocycles. The number of methoxy groups -OCH3 is 1. The highest BCUT2D eigenvalue weighted by molar-refractivity contribution is 6.27. The van der Waals surface area contributed by atoms with Crippen LogP contribution in [0.2, 0.25) is 0 Å². The van der Waals surface area contributed by atoms with Gasteiger partial charge >= 0.3 is 5.97 Å². The van der Waals surface area contributed by atoms with Crippen molar-refractivity contribution in [3.8, 4) is 0 Å². The van der Waals surface area contributed by atoms with Crippen molar-refractivity contribution in [1.82, 2.24) is 20.6 Å². The Labute approximate surface area is 163 Å². The summed E-state index contributed by atoms with van der Waals surface area (Å²) in [5.41, 5.74) is 8.82. The van der Waals surface area contributed by atoms with Crippen LogP contribution in [0.4, 0.5) is 11.8 Å². The summed E-state index contributed by atoms with van der Waals surface area (Å²) in [4.78, 5) is 57.6. The topological polar surface area (TPSA) is 195 Å². The van der Waals surface area contributed by atoms with E-state index in [1.54, 1.807) is 0 Å². The summed E-state index contributed by atoms with van der Waals surface area (Å²) in [5.74, 6) is -2.67. The molecule has 12 nitrogen and oxygen atoms in total. The predicted molar refractivity (Wildman–Crippen MR) is 100 cm³/mol. The third-order valence-electron chi connectivity index (χ3n) is 3.69. The highest BCUT2D eigenvalue weighted by Crippen LogP contribution is 2.17. The number of nitrogens with zero attached hydrogens (tertiary/aromatic N) is 2. The van der Waals surface area contributed by atoms with Crippen molar-refractivity contribution in [2.75, 3.05) is 24.5 Å². The van der Waals surface area contributed by atoms with Gasteiger partial charge in [-0.2, -0.15) is 4.98 Å². The third kappa shape index (κ3) is 4.85. The Morgan fingerprint density at radius 2 is 2.00 bits per heavy atom. The molecule has 1 aromatic rings. The van der Waals surface area contributed by atoms with Gasteiger partial charge < -0.3 is 26.8 Å². The van der Waals surface area contributed by atoms with E-state index in [9.17, 15) is 19.2 Å². The van der Waals surface area contributed by atoms with E-state index < -0.39 is 35.4 Å². The van der Waals surface area contributed by atoms with Crippen LogP contribution in [-0.2, 0) is 25.5 Å². The van der Waals surface area contributed by atoms with Gasteiger partial charge in [-0.25, -0.2) is 9.79 Å². The van der Waals surface area contributed by atoms with Gasteiger partial charge in [-0.05, 0) is 6.08 Å². The maximum absolute atomic E-state index is 12.5. The minimum Gasteiger partial charge on any atom is -0.464 e. The monoisotopic (exact) mass is 411 g/mol. The normalized spacial score (nSPS) is 18.1. The van der Waals surface area contributed by atoms with Gasteiger partial charge in [-0.1, -0.05) is 0 Å². The van der Waals surface area contributed by atoms with Gasteiger partial charge in [-0.3, -0.25) is 19.4 Å². The van der Waals surface area contributed by atoms with Crippen LogP contribution >= 0.6 is 11.6 Å². The molecule has 1 aromatic heterocycles. The second kappa shape index (κ2) is 8.52. The number of ether oxygens (including phenoxy) is 1. The first kappa shape index (κ1) is 20.9. The zero-order chi connectivity index (χ0) is 20.9. The van der Waals surface area contributed by atoms with Gasteiger partial charge in [0.15, 0.2) is 5.66 Å². The van der Waals surface area contributed by atoms with Crippen molar-refractivity contribution in [2.24, 2.45) is 4.99 Å². The molecule has 0 saturated carbocycles. The first-order valence-electron chi connectivity index (χ1n) is 7.85. The third-order valence-corrected chi connectivity index (χ3v) is 3.93. The Morgan fingerprint density at radius 3 is 2.54 bits per heavy atom. The molecule has 1 unspecified atom stereocenters. The Morgan fingerprint density at radius 1 is 1.32 bits per heavy atom. The highest BCUT2D eigenvalue weighted by atomic mass is 35.5. The molecule has 0 aromatic carbocycles. The highest BCUT2D eigenvalue weighted by Gasteiger charge is 2.34. The van der Waals surface area contributed by atoms with Gasteiger partial charge in [0, 0.05) is 6.42 Å². The molecule has 1 atom stereocenters. The molecule has 0 saturated heterocycles. The number of nitrogen functional groups attached to an aromatic ring is 2. The number of anilines is 2. The van der Waals surface area contributed by atoms with E-state index in [-0.39, 0.29) is 35.3 Å².